The van der Waals surface area contributed by atoms with E-state index in [2.05, 4.69) is 15.5 Å². The minimum Gasteiger partial charge on any atom is -0.337 e. The zero-order valence-corrected chi connectivity index (χ0v) is 10.0. The molecule has 2 saturated heterocycles. The smallest absolute Gasteiger partial charge is 0.271 e. The van der Waals surface area contributed by atoms with Gasteiger partial charge in [0.2, 0.25) is 0 Å². The van der Waals surface area contributed by atoms with Crippen LogP contribution in [-0.4, -0.2) is 46.2 Å². The fraction of sp³-hybridized carbons (Fsp3) is 0.667. The first-order chi connectivity index (χ1) is 8.24. The molecule has 3 rings (SSSR count). The van der Waals surface area contributed by atoms with Gasteiger partial charge in [-0.15, -0.1) is 0 Å². The number of carbonyl (C=O) groups excluding carboxylic acids is 1. The van der Waals surface area contributed by atoms with Crippen LogP contribution in [0, 0.1) is 0 Å². The second-order valence-corrected chi connectivity index (χ2v) is 5.15. The average molecular weight is 234 g/mol. The Hall–Kier alpha value is -1.36. The molecule has 2 N–H and O–H groups in total. The lowest BCUT2D eigenvalue weighted by molar-refractivity contribution is 0.0675. The van der Waals surface area contributed by atoms with E-state index in [1.807, 2.05) is 11.9 Å². The summed E-state index contributed by atoms with van der Waals surface area (Å²) in [4.78, 5) is 14.0. The van der Waals surface area contributed by atoms with E-state index in [-0.39, 0.29) is 5.91 Å². The number of hydrogen-bond donors (Lipinski definition) is 2. The van der Waals surface area contributed by atoms with Crippen LogP contribution in [0.1, 0.15) is 36.2 Å². The number of rotatable bonds is 2. The van der Waals surface area contributed by atoms with Crippen molar-refractivity contribution in [3.8, 4) is 0 Å². The SMILES string of the molecule is CN(C(=O)c1ccn[nH]1)C1CC2CCC(C1)N2. The quantitative estimate of drug-likeness (QED) is 0.794. The number of hydrogen-bond acceptors (Lipinski definition) is 3. The van der Waals surface area contributed by atoms with E-state index in [1.165, 1.54) is 12.8 Å². The maximum atomic E-state index is 12.2. The van der Waals surface area contributed by atoms with E-state index < -0.39 is 0 Å². The monoisotopic (exact) mass is 234 g/mol. The summed E-state index contributed by atoms with van der Waals surface area (Å²) in [5.41, 5.74) is 0.582. The fourth-order valence-corrected chi connectivity index (χ4v) is 3.07. The van der Waals surface area contributed by atoms with Gasteiger partial charge in [-0.25, -0.2) is 0 Å². The first-order valence-electron chi connectivity index (χ1n) is 6.26. The van der Waals surface area contributed by atoms with Crippen molar-refractivity contribution in [3.63, 3.8) is 0 Å². The third kappa shape index (κ3) is 1.95. The van der Waals surface area contributed by atoms with Gasteiger partial charge in [-0.1, -0.05) is 0 Å². The van der Waals surface area contributed by atoms with Crippen molar-refractivity contribution in [1.29, 1.82) is 0 Å². The van der Waals surface area contributed by atoms with Crippen LogP contribution in [0.15, 0.2) is 12.3 Å². The van der Waals surface area contributed by atoms with Crippen LogP contribution in [0.25, 0.3) is 0 Å². The van der Waals surface area contributed by atoms with E-state index >= 15 is 0 Å². The summed E-state index contributed by atoms with van der Waals surface area (Å²) in [7, 11) is 1.90. The molecule has 2 atom stereocenters. The number of nitrogens with one attached hydrogen (secondary N) is 2. The molecule has 2 unspecified atom stereocenters. The van der Waals surface area contributed by atoms with Crippen molar-refractivity contribution in [2.45, 2.75) is 43.8 Å². The van der Waals surface area contributed by atoms with E-state index in [0.29, 0.717) is 23.8 Å². The normalized spacial score (nSPS) is 31.5. The number of aromatic nitrogens is 2. The van der Waals surface area contributed by atoms with Gasteiger partial charge >= 0.3 is 0 Å². The number of amides is 1. The minimum absolute atomic E-state index is 0.0498. The van der Waals surface area contributed by atoms with Crippen LogP contribution in [0.2, 0.25) is 0 Å². The van der Waals surface area contributed by atoms with Gasteiger partial charge < -0.3 is 10.2 Å². The second kappa shape index (κ2) is 4.14. The summed E-state index contributed by atoms with van der Waals surface area (Å²) < 4.78 is 0. The molecule has 17 heavy (non-hydrogen) atoms. The Bertz CT molecular complexity index is 391. The van der Waals surface area contributed by atoms with Crippen molar-refractivity contribution in [1.82, 2.24) is 20.4 Å². The third-order valence-corrected chi connectivity index (χ3v) is 4.05. The number of carbonyl (C=O) groups is 1. The number of nitrogens with zero attached hydrogens (tertiary/aromatic N) is 2. The summed E-state index contributed by atoms with van der Waals surface area (Å²) in [5, 5.41) is 10.2. The Balaban J connectivity index is 1.70. The number of fused-ring (bicyclic) bond motifs is 2. The topological polar surface area (TPSA) is 61.0 Å². The van der Waals surface area contributed by atoms with Gasteiger partial charge in [0.15, 0.2) is 0 Å². The summed E-state index contributed by atoms with van der Waals surface area (Å²) in [6, 6.07) is 3.31. The van der Waals surface area contributed by atoms with Crippen LogP contribution in [-0.2, 0) is 0 Å². The van der Waals surface area contributed by atoms with Gasteiger partial charge in [-0.2, -0.15) is 5.10 Å². The lowest BCUT2D eigenvalue weighted by Gasteiger charge is -2.35. The highest BCUT2D eigenvalue weighted by Gasteiger charge is 2.36. The first-order valence-corrected chi connectivity index (χ1v) is 6.26. The molecule has 92 valence electrons. The van der Waals surface area contributed by atoms with E-state index in [1.54, 1.807) is 12.3 Å². The Kier molecular flexibility index (Phi) is 2.63. The predicted molar refractivity (Wildman–Crippen MR) is 63.6 cm³/mol. The van der Waals surface area contributed by atoms with Crippen molar-refractivity contribution in [2.75, 3.05) is 7.05 Å². The van der Waals surface area contributed by atoms with Crippen molar-refractivity contribution < 1.29 is 4.79 Å². The molecule has 2 aliphatic rings. The molecule has 1 aromatic rings. The molecule has 0 saturated carbocycles. The molecule has 1 aromatic heterocycles. The Labute approximate surface area is 101 Å². The highest BCUT2D eigenvalue weighted by atomic mass is 16.2. The van der Waals surface area contributed by atoms with Crippen molar-refractivity contribution in [3.05, 3.63) is 18.0 Å². The van der Waals surface area contributed by atoms with Crippen LogP contribution >= 0.6 is 0 Å². The van der Waals surface area contributed by atoms with Gasteiger partial charge in [-0.05, 0) is 31.7 Å². The first kappa shape index (κ1) is 10.8. The van der Waals surface area contributed by atoms with Gasteiger partial charge in [0.1, 0.15) is 5.69 Å². The molecule has 2 fully saturated rings. The van der Waals surface area contributed by atoms with Gasteiger partial charge in [0.05, 0.1) is 0 Å². The Morgan fingerprint density at radius 3 is 2.71 bits per heavy atom. The van der Waals surface area contributed by atoms with E-state index in [4.69, 9.17) is 0 Å². The Morgan fingerprint density at radius 2 is 2.12 bits per heavy atom. The van der Waals surface area contributed by atoms with Crippen LogP contribution in [0.3, 0.4) is 0 Å². The van der Waals surface area contributed by atoms with Crippen LogP contribution < -0.4 is 5.32 Å². The molecular weight excluding hydrogens is 216 g/mol. The predicted octanol–water partition coefficient (Wildman–Crippen LogP) is 0.765. The highest BCUT2D eigenvalue weighted by molar-refractivity contribution is 5.92. The lowest BCUT2D eigenvalue weighted by Crippen LogP contribution is -2.48. The number of aromatic amines is 1. The standard InChI is InChI=1S/C12H18N4O/c1-16(12(17)11-4-5-13-15-11)10-6-8-2-3-9(7-10)14-8/h4-5,8-10,14H,2-3,6-7H2,1H3,(H,13,15). The molecule has 2 aliphatic heterocycles. The summed E-state index contributed by atoms with van der Waals surface area (Å²) >= 11 is 0. The summed E-state index contributed by atoms with van der Waals surface area (Å²) in [6.07, 6.45) is 6.29. The Morgan fingerprint density at radius 1 is 1.41 bits per heavy atom. The largest absolute Gasteiger partial charge is 0.337 e. The van der Waals surface area contributed by atoms with E-state index in [0.717, 1.165) is 12.8 Å². The molecule has 3 heterocycles. The van der Waals surface area contributed by atoms with Crippen molar-refractivity contribution in [2.24, 2.45) is 0 Å². The summed E-state index contributed by atoms with van der Waals surface area (Å²) in [6.45, 7) is 0. The molecule has 5 heteroatoms. The van der Waals surface area contributed by atoms with Crippen LogP contribution in [0.4, 0.5) is 0 Å². The molecule has 2 bridgehead atoms. The maximum Gasteiger partial charge on any atom is 0.271 e. The zero-order valence-electron chi connectivity index (χ0n) is 10.0. The van der Waals surface area contributed by atoms with Crippen molar-refractivity contribution >= 4 is 5.91 Å². The van der Waals surface area contributed by atoms with E-state index in [9.17, 15) is 4.79 Å². The lowest BCUT2D eigenvalue weighted by atomic mass is 9.98. The highest BCUT2D eigenvalue weighted by Crippen LogP contribution is 2.29. The third-order valence-electron chi connectivity index (χ3n) is 4.05. The average Bonchev–Trinajstić information content (AvgIpc) is 2.97. The van der Waals surface area contributed by atoms with Crippen LogP contribution in [0.5, 0.6) is 0 Å². The van der Waals surface area contributed by atoms with Gasteiger partial charge in [0.25, 0.3) is 5.91 Å². The molecule has 0 aliphatic carbocycles. The molecular formula is C12H18N4O. The molecule has 0 spiro atoms. The fourth-order valence-electron chi connectivity index (χ4n) is 3.07. The molecule has 1 amide bonds. The van der Waals surface area contributed by atoms with Gasteiger partial charge in [-0.3, -0.25) is 9.89 Å². The molecule has 0 radical (unpaired) electrons. The summed E-state index contributed by atoms with van der Waals surface area (Å²) in [5.74, 6) is 0.0498. The minimum atomic E-state index is 0.0498. The zero-order chi connectivity index (χ0) is 11.8. The number of piperidine rings is 1. The maximum absolute atomic E-state index is 12.2. The van der Waals surface area contributed by atoms with Gasteiger partial charge in [0, 0.05) is 31.4 Å². The number of H-pyrrole nitrogens is 1. The second-order valence-electron chi connectivity index (χ2n) is 5.15. The molecule has 0 aromatic carbocycles. The molecule has 5 nitrogen and oxygen atoms in total.